The summed E-state index contributed by atoms with van der Waals surface area (Å²) >= 11 is 0. The molecule has 2 aliphatic heterocycles. The van der Waals surface area contributed by atoms with E-state index in [0.717, 1.165) is 28.7 Å². The lowest BCUT2D eigenvalue weighted by Gasteiger charge is -2.45. The van der Waals surface area contributed by atoms with Crippen molar-refractivity contribution in [3.63, 3.8) is 0 Å². The summed E-state index contributed by atoms with van der Waals surface area (Å²) in [6.45, 7) is 7.26. The second kappa shape index (κ2) is 10.4. The number of pyridine rings is 1. The Morgan fingerprint density at radius 2 is 1.79 bits per heavy atom. The van der Waals surface area contributed by atoms with Crippen LogP contribution in [0.25, 0.3) is 11.1 Å². The third-order valence-electron chi connectivity index (χ3n) is 7.73. The van der Waals surface area contributed by atoms with Crippen LogP contribution >= 0.6 is 0 Å². The van der Waals surface area contributed by atoms with Gasteiger partial charge in [-0.05, 0) is 55.5 Å². The Morgan fingerprint density at radius 1 is 1.05 bits per heavy atom. The fourth-order valence-electron chi connectivity index (χ4n) is 5.74. The Balaban J connectivity index is 1.31. The van der Waals surface area contributed by atoms with Gasteiger partial charge in [0.2, 0.25) is 0 Å². The van der Waals surface area contributed by atoms with E-state index >= 15 is 0 Å². The number of carbonyl (C=O) groups is 1. The van der Waals surface area contributed by atoms with Gasteiger partial charge in [-0.3, -0.25) is 4.79 Å². The lowest BCUT2D eigenvalue weighted by atomic mass is 9.80. The number of ether oxygens (including phenoxy) is 2. The highest BCUT2D eigenvalue weighted by Crippen LogP contribution is 2.42. The van der Waals surface area contributed by atoms with Crippen LogP contribution in [0.1, 0.15) is 63.2 Å². The smallest absolute Gasteiger partial charge is 0.411 e. The van der Waals surface area contributed by atoms with E-state index in [9.17, 15) is 14.7 Å². The van der Waals surface area contributed by atoms with Crippen LogP contribution < -0.4 is 5.56 Å². The van der Waals surface area contributed by atoms with Gasteiger partial charge in [0.25, 0.3) is 5.56 Å². The van der Waals surface area contributed by atoms with Crippen LogP contribution in [0.15, 0.2) is 77.7 Å². The van der Waals surface area contributed by atoms with Gasteiger partial charge in [-0.15, -0.1) is 0 Å². The zero-order chi connectivity index (χ0) is 26.9. The number of aliphatic hydroxyl groups is 1. The highest BCUT2D eigenvalue weighted by Gasteiger charge is 2.46. The molecule has 7 nitrogen and oxygen atoms in total. The van der Waals surface area contributed by atoms with E-state index in [-0.39, 0.29) is 23.7 Å². The average molecular weight is 517 g/mol. The largest absolute Gasteiger partial charge is 0.438 e. The lowest BCUT2D eigenvalue weighted by molar-refractivity contribution is -0.101. The number of hydrogen-bond donors (Lipinski definition) is 1. The number of rotatable bonds is 7. The SMILES string of the molecule is C[C@@H](c1ccc(-c2ccn(C3CCOC3)c(=O)c2)cc1)N1CC[C@](CC(C)(C)O)(c2ccccc2)OC1=O. The second-order valence-electron chi connectivity index (χ2n) is 11.1. The van der Waals surface area contributed by atoms with E-state index in [2.05, 4.69) is 0 Å². The molecule has 3 aromatic rings. The fraction of sp³-hybridized carbons (Fsp3) is 0.419. The molecule has 38 heavy (non-hydrogen) atoms. The van der Waals surface area contributed by atoms with Crippen molar-refractivity contribution in [1.82, 2.24) is 9.47 Å². The maximum Gasteiger partial charge on any atom is 0.411 e. The minimum Gasteiger partial charge on any atom is -0.438 e. The topological polar surface area (TPSA) is 81.0 Å². The molecule has 7 heteroatoms. The van der Waals surface area contributed by atoms with Crippen LogP contribution in [0.5, 0.6) is 0 Å². The third kappa shape index (κ3) is 5.40. The Bertz CT molecular complexity index is 1320. The van der Waals surface area contributed by atoms with Gasteiger partial charge >= 0.3 is 6.09 Å². The molecule has 1 N–H and O–H groups in total. The molecule has 2 aromatic carbocycles. The standard InChI is InChI=1S/C31H36N2O5/c1-22(32-17-15-31(38-29(32)35,21-30(2,3)36)26-7-5-4-6-8-26)23-9-11-24(12-10-23)25-13-16-33(28(34)19-25)27-14-18-37-20-27/h4-13,16,19,22,27,36H,14-15,17-18,20-21H2,1-3H3/t22-,27?,31-/m0/s1. The zero-order valence-corrected chi connectivity index (χ0v) is 22.3. The minimum atomic E-state index is -0.995. The van der Waals surface area contributed by atoms with E-state index in [1.54, 1.807) is 29.4 Å². The number of carbonyl (C=O) groups excluding carboxylic acids is 1. The number of benzene rings is 2. The first-order valence-electron chi connectivity index (χ1n) is 13.3. The van der Waals surface area contributed by atoms with Crippen LogP contribution in [-0.4, -0.2) is 46.0 Å². The minimum absolute atomic E-state index is 0.0283. The van der Waals surface area contributed by atoms with Crippen molar-refractivity contribution in [1.29, 1.82) is 0 Å². The van der Waals surface area contributed by atoms with Gasteiger partial charge < -0.3 is 24.0 Å². The summed E-state index contributed by atoms with van der Waals surface area (Å²) in [7, 11) is 0. The highest BCUT2D eigenvalue weighted by atomic mass is 16.6. The summed E-state index contributed by atoms with van der Waals surface area (Å²) < 4.78 is 13.3. The first-order chi connectivity index (χ1) is 18.2. The molecular weight excluding hydrogens is 480 g/mol. The van der Waals surface area contributed by atoms with Gasteiger partial charge in [0.15, 0.2) is 0 Å². The summed E-state index contributed by atoms with van der Waals surface area (Å²) in [6, 6.07) is 21.2. The van der Waals surface area contributed by atoms with E-state index in [0.29, 0.717) is 32.6 Å². The molecule has 5 rings (SSSR count). The number of amides is 1. The van der Waals surface area contributed by atoms with Gasteiger partial charge in [-0.2, -0.15) is 0 Å². The molecule has 0 aliphatic carbocycles. The molecule has 2 saturated heterocycles. The first-order valence-corrected chi connectivity index (χ1v) is 13.3. The number of aromatic nitrogens is 1. The van der Waals surface area contributed by atoms with Gasteiger partial charge in [-0.1, -0.05) is 54.6 Å². The maximum absolute atomic E-state index is 13.3. The van der Waals surface area contributed by atoms with Crippen molar-refractivity contribution in [2.24, 2.45) is 0 Å². The van der Waals surface area contributed by atoms with Crippen LogP contribution in [0, 0.1) is 0 Å². The number of nitrogens with zero attached hydrogens (tertiary/aromatic N) is 2. The highest BCUT2D eigenvalue weighted by molar-refractivity contribution is 5.70. The molecular formula is C31H36N2O5. The van der Waals surface area contributed by atoms with Crippen molar-refractivity contribution in [3.05, 3.63) is 94.4 Å². The van der Waals surface area contributed by atoms with Crippen molar-refractivity contribution < 1.29 is 19.4 Å². The Hall–Kier alpha value is -3.42. The molecule has 1 amide bonds. The molecule has 3 heterocycles. The predicted molar refractivity (Wildman–Crippen MR) is 146 cm³/mol. The molecule has 0 bridgehead atoms. The zero-order valence-electron chi connectivity index (χ0n) is 22.3. The van der Waals surface area contributed by atoms with Gasteiger partial charge in [0, 0.05) is 38.3 Å². The van der Waals surface area contributed by atoms with Crippen LogP contribution in [-0.2, 0) is 15.1 Å². The number of hydrogen-bond acceptors (Lipinski definition) is 5. The predicted octanol–water partition coefficient (Wildman–Crippen LogP) is 5.44. The summed E-state index contributed by atoms with van der Waals surface area (Å²) in [6.07, 6.45) is 3.22. The van der Waals surface area contributed by atoms with Crippen molar-refractivity contribution >= 4 is 6.09 Å². The molecule has 2 fully saturated rings. The molecule has 200 valence electrons. The molecule has 3 atom stereocenters. The van der Waals surface area contributed by atoms with Crippen molar-refractivity contribution in [2.75, 3.05) is 19.8 Å². The Kier molecular flexibility index (Phi) is 7.16. The maximum atomic E-state index is 13.3. The van der Waals surface area contributed by atoms with E-state index < -0.39 is 11.2 Å². The lowest BCUT2D eigenvalue weighted by Crippen LogP contribution is -2.51. The quantitative estimate of drug-likeness (QED) is 0.453. The van der Waals surface area contributed by atoms with E-state index in [4.69, 9.17) is 9.47 Å². The normalized spacial score (nSPS) is 22.8. The fourth-order valence-corrected chi connectivity index (χ4v) is 5.74. The van der Waals surface area contributed by atoms with Gasteiger partial charge in [-0.25, -0.2) is 4.79 Å². The average Bonchev–Trinajstić information content (AvgIpc) is 3.43. The first kappa shape index (κ1) is 26.2. The van der Waals surface area contributed by atoms with E-state index in [1.165, 1.54) is 0 Å². The van der Waals surface area contributed by atoms with Crippen LogP contribution in [0.4, 0.5) is 4.79 Å². The van der Waals surface area contributed by atoms with Crippen molar-refractivity contribution in [2.45, 2.75) is 63.3 Å². The number of cyclic esters (lactones) is 1. The van der Waals surface area contributed by atoms with E-state index in [1.807, 2.05) is 73.8 Å². The molecule has 0 saturated carbocycles. The summed E-state index contributed by atoms with van der Waals surface area (Å²) in [4.78, 5) is 27.8. The Labute approximate surface area is 223 Å². The molecule has 1 aromatic heterocycles. The third-order valence-corrected chi connectivity index (χ3v) is 7.73. The van der Waals surface area contributed by atoms with Crippen LogP contribution in [0.3, 0.4) is 0 Å². The second-order valence-corrected chi connectivity index (χ2v) is 11.1. The summed E-state index contributed by atoms with van der Waals surface area (Å²) in [5.74, 6) is 0. The molecule has 1 unspecified atom stereocenters. The summed E-state index contributed by atoms with van der Waals surface area (Å²) in [5.41, 5.74) is 1.79. The molecule has 0 spiro atoms. The monoisotopic (exact) mass is 516 g/mol. The van der Waals surface area contributed by atoms with Crippen molar-refractivity contribution in [3.8, 4) is 11.1 Å². The van der Waals surface area contributed by atoms with Gasteiger partial charge in [0.1, 0.15) is 5.60 Å². The Morgan fingerprint density at radius 3 is 2.39 bits per heavy atom. The van der Waals surface area contributed by atoms with Crippen LogP contribution in [0.2, 0.25) is 0 Å². The van der Waals surface area contributed by atoms with Gasteiger partial charge in [0.05, 0.1) is 24.3 Å². The molecule has 2 aliphatic rings. The molecule has 0 radical (unpaired) electrons. The summed E-state index contributed by atoms with van der Waals surface area (Å²) in [5, 5.41) is 10.6.